The van der Waals surface area contributed by atoms with Crippen LogP contribution in [-0.4, -0.2) is 47.9 Å². The fourth-order valence-electron chi connectivity index (χ4n) is 4.10. The topological polar surface area (TPSA) is 136 Å². The molecule has 1 aromatic heterocycles. The number of aromatic amines is 1. The number of benzene rings is 1. The Kier molecular flexibility index (Phi) is 8.52. The molecule has 0 saturated carbocycles. The van der Waals surface area contributed by atoms with Gasteiger partial charge in [-0.2, -0.15) is 5.26 Å². The van der Waals surface area contributed by atoms with E-state index in [0.29, 0.717) is 37.4 Å². The molecule has 1 saturated heterocycles. The van der Waals surface area contributed by atoms with Gasteiger partial charge < -0.3 is 25.7 Å². The molecule has 0 bridgehead atoms. The first-order valence-electron chi connectivity index (χ1n) is 11.9. The van der Waals surface area contributed by atoms with Gasteiger partial charge in [0.2, 0.25) is 11.8 Å². The zero-order chi connectivity index (χ0) is 24.7. The molecular formula is C25H33N5O4. The maximum Gasteiger partial charge on any atom is 0.268 e. The number of nitrogens with one attached hydrogen (secondary N) is 4. The number of carbonyl (C=O) groups excluding carboxylic acids is 3. The molecule has 1 aliphatic rings. The van der Waals surface area contributed by atoms with E-state index in [1.165, 1.54) is 0 Å². The Balaban J connectivity index is 1.71. The van der Waals surface area contributed by atoms with Crippen molar-refractivity contribution in [3.05, 3.63) is 30.0 Å². The highest BCUT2D eigenvalue weighted by Gasteiger charge is 2.30. The van der Waals surface area contributed by atoms with E-state index >= 15 is 0 Å². The van der Waals surface area contributed by atoms with Crippen LogP contribution in [0.15, 0.2) is 24.3 Å². The lowest BCUT2D eigenvalue weighted by Crippen LogP contribution is -2.50. The van der Waals surface area contributed by atoms with Crippen molar-refractivity contribution >= 4 is 28.6 Å². The van der Waals surface area contributed by atoms with E-state index in [2.05, 4.69) is 27.0 Å². The average Bonchev–Trinajstić information content (AvgIpc) is 3.42. The summed E-state index contributed by atoms with van der Waals surface area (Å²) in [5, 5.41) is 18.6. The second-order valence-corrected chi connectivity index (χ2v) is 9.11. The minimum atomic E-state index is -0.817. The largest absolute Gasteiger partial charge is 0.493 e. The molecule has 182 valence electrons. The molecule has 3 amide bonds. The lowest BCUT2D eigenvalue weighted by atomic mass is 9.98. The van der Waals surface area contributed by atoms with Gasteiger partial charge in [-0.3, -0.25) is 14.4 Å². The Bertz CT molecular complexity index is 1070. The van der Waals surface area contributed by atoms with Crippen LogP contribution in [0, 0.1) is 23.2 Å². The quantitative estimate of drug-likeness (QED) is 0.403. The van der Waals surface area contributed by atoms with Gasteiger partial charge in [-0.1, -0.05) is 26.8 Å². The lowest BCUT2D eigenvalue weighted by molar-refractivity contribution is -0.125. The van der Waals surface area contributed by atoms with Gasteiger partial charge in [0.25, 0.3) is 5.91 Å². The number of nitrogens with zero attached hydrogens (tertiary/aromatic N) is 1. The minimum Gasteiger partial charge on any atom is -0.493 e. The molecule has 9 nitrogen and oxygen atoms in total. The zero-order valence-corrected chi connectivity index (χ0v) is 19.9. The van der Waals surface area contributed by atoms with Crippen LogP contribution in [0.25, 0.3) is 10.9 Å². The van der Waals surface area contributed by atoms with E-state index in [0.717, 1.165) is 17.3 Å². The van der Waals surface area contributed by atoms with Crippen LogP contribution in [0.2, 0.25) is 0 Å². The number of H-pyrrole nitrogens is 1. The van der Waals surface area contributed by atoms with Gasteiger partial charge in [0, 0.05) is 23.4 Å². The highest BCUT2D eigenvalue weighted by molar-refractivity contribution is 6.01. The molecule has 1 aromatic carbocycles. The molecular weight excluding hydrogens is 434 g/mol. The molecule has 0 radical (unpaired) electrons. The third kappa shape index (κ3) is 6.28. The van der Waals surface area contributed by atoms with E-state index in [4.69, 9.17) is 4.74 Å². The zero-order valence-electron chi connectivity index (χ0n) is 19.9. The molecule has 2 heterocycles. The number of aromatic nitrogens is 1. The number of ether oxygens (including phenoxy) is 1. The van der Waals surface area contributed by atoms with Crippen LogP contribution in [0.4, 0.5) is 0 Å². The van der Waals surface area contributed by atoms with E-state index in [-0.39, 0.29) is 24.2 Å². The van der Waals surface area contributed by atoms with Crippen molar-refractivity contribution in [1.29, 1.82) is 5.26 Å². The minimum absolute atomic E-state index is 0.0948. The summed E-state index contributed by atoms with van der Waals surface area (Å²) in [4.78, 5) is 41.0. The fourth-order valence-corrected chi connectivity index (χ4v) is 4.10. The van der Waals surface area contributed by atoms with E-state index in [9.17, 15) is 19.6 Å². The summed E-state index contributed by atoms with van der Waals surface area (Å²) >= 11 is 0. The summed E-state index contributed by atoms with van der Waals surface area (Å²) in [5.74, 6) is -0.411. The average molecular weight is 468 g/mol. The molecule has 34 heavy (non-hydrogen) atoms. The Morgan fingerprint density at radius 2 is 2.09 bits per heavy atom. The second kappa shape index (κ2) is 11.5. The number of amides is 3. The first kappa shape index (κ1) is 25.1. The van der Waals surface area contributed by atoms with Gasteiger partial charge in [0.1, 0.15) is 23.5 Å². The summed E-state index contributed by atoms with van der Waals surface area (Å²) in [7, 11) is 0. The summed E-state index contributed by atoms with van der Waals surface area (Å²) in [6.07, 6.45) is 2.17. The maximum atomic E-state index is 13.0. The van der Waals surface area contributed by atoms with Gasteiger partial charge in [0.15, 0.2) is 0 Å². The highest BCUT2D eigenvalue weighted by atomic mass is 16.5. The van der Waals surface area contributed by atoms with Crippen LogP contribution >= 0.6 is 0 Å². The monoisotopic (exact) mass is 467 g/mol. The number of fused-ring (bicyclic) bond motifs is 1. The summed E-state index contributed by atoms with van der Waals surface area (Å²) in [6, 6.07) is 7.74. The summed E-state index contributed by atoms with van der Waals surface area (Å²) in [5.41, 5.74) is 1.09. The Morgan fingerprint density at radius 3 is 2.74 bits per heavy atom. The van der Waals surface area contributed by atoms with Crippen molar-refractivity contribution in [2.45, 2.75) is 58.5 Å². The van der Waals surface area contributed by atoms with Crippen LogP contribution < -0.4 is 20.7 Å². The molecule has 9 heteroatoms. The third-order valence-electron chi connectivity index (χ3n) is 5.81. The molecule has 2 aromatic rings. The summed E-state index contributed by atoms with van der Waals surface area (Å²) in [6.45, 7) is 7.09. The lowest BCUT2D eigenvalue weighted by Gasteiger charge is -2.22. The molecule has 0 spiro atoms. The second-order valence-electron chi connectivity index (χ2n) is 9.11. The number of hydrogen-bond donors (Lipinski definition) is 4. The van der Waals surface area contributed by atoms with Crippen LogP contribution in [0.5, 0.6) is 5.75 Å². The van der Waals surface area contributed by atoms with E-state index in [1.807, 2.05) is 39.0 Å². The third-order valence-corrected chi connectivity index (χ3v) is 5.81. The molecule has 3 atom stereocenters. The van der Waals surface area contributed by atoms with Gasteiger partial charge in [-0.15, -0.1) is 0 Å². The van der Waals surface area contributed by atoms with Crippen molar-refractivity contribution in [3.63, 3.8) is 0 Å². The standard InChI is InChI=1S/C25H33N5O4/c1-4-10-34-22-7-5-6-19-18(22)13-21(29-19)25(33)30-20(11-15(2)3)24(32)28-17(14-26)12-16-8-9-27-23(16)31/h5-7,13,15-17,20,29H,4,8-12H2,1-3H3,(H,27,31)(H,28,32)(H,30,33). The predicted octanol–water partition coefficient (Wildman–Crippen LogP) is 2.64. The number of nitriles is 1. The van der Waals surface area contributed by atoms with Gasteiger partial charge in [0.05, 0.1) is 12.7 Å². The Hall–Kier alpha value is -3.54. The number of rotatable bonds is 11. The van der Waals surface area contributed by atoms with Crippen LogP contribution in [-0.2, 0) is 9.59 Å². The van der Waals surface area contributed by atoms with Gasteiger partial charge in [-0.25, -0.2) is 0 Å². The molecule has 1 aliphatic heterocycles. The van der Waals surface area contributed by atoms with Crippen molar-refractivity contribution in [2.24, 2.45) is 11.8 Å². The molecule has 3 rings (SSSR count). The normalized spacial score (nSPS) is 17.1. The van der Waals surface area contributed by atoms with Crippen molar-refractivity contribution < 1.29 is 19.1 Å². The molecule has 3 unspecified atom stereocenters. The van der Waals surface area contributed by atoms with Gasteiger partial charge in [-0.05, 0) is 49.8 Å². The van der Waals surface area contributed by atoms with E-state index < -0.39 is 23.9 Å². The highest BCUT2D eigenvalue weighted by Crippen LogP contribution is 2.26. The predicted molar refractivity (Wildman–Crippen MR) is 128 cm³/mol. The van der Waals surface area contributed by atoms with Crippen molar-refractivity contribution in [3.8, 4) is 11.8 Å². The SMILES string of the molecule is CCCOc1cccc2[nH]c(C(=O)NC(CC(C)C)C(=O)NC(C#N)CC3CCNC3=O)cc12. The van der Waals surface area contributed by atoms with Crippen LogP contribution in [0.1, 0.15) is 56.9 Å². The number of hydrogen-bond acceptors (Lipinski definition) is 5. The summed E-state index contributed by atoms with van der Waals surface area (Å²) < 4.78 is 5.78. The Labute approximate surface area is 199 Å². The number of carbonyl (C=O) groups is 3. The molecule has 0 aliphatic carbocycles. The first-order chi connectivity index (χ1) is 16.3. The fraction of sp³-hybridized carbons (Fsp3) is 0.520. The molecule has 4 N–H and O–H groups in total. The molecule has 1 fully saturated rings. The first-order valence-corrected chi connectivity index (χ1v) is 11.9. The van der Waals surface area contributed by atoms with Gasteiger partial charge >= 0.3 is 0 Å². The van der Waals surface area contributed by atoms with Crippen molar-refractivity contribution in [2.75, 3.05) is 13.2 Å². The Morgan fingerprint density at radius 1 is 1.29 bits per heavy atom. The van der Waals surface area contributed by atoms with E-state index in [1.54, 1.807) is 6.07 Å². The van der Waals surface area contributed by atoms with Crippen molar-refractivity contribution in [1.82, 2.24) is 20.9 Å². The van der Waals surface area contributed by atoms with Crippen LogP contribution in [0.3, 0.4) is 0 Å². The smallest absolute Gasteiger partial charge is 0.268 e. The maximum absolute atomic E-state index is 13.0.